The third-order valence-corrected chi connectivity index (χ3v) is 5.30. The van der Waals surface area contributed by atoms with Crippen LogP contribution in [0.5, 0.6) is 0 Å². The van der Waals surface area contributed by atoms with Crippen LogP contribution in [-0.4, -0.2) is 34.5 Å². The highest BCUT2D eigenvalue weighted by Crippen LogP contribution is 2.49. The summed E-state index contributed by atoms with van der Waals surface area (Å²) in [6.45, 7) is 0.234. The van der Waals surface area contributed by atoms with E-state index >= 15 is 0 Å². The van der Waals surface area contributed by atoms with Gasteiger partial charge < -0.3 is 5.11 Å². The molecule has 0 saturated carbocycles. The van der Waals surface area contributed by atoms with E-state index in [2.05, 4.69) is 9.98 Å². The van der Waals surface area contributed by atoms with Crippen molar-refractivity contribution in [1.29, 1.82) is 0 Å². The second-order valence-electron chi connectivity index (χ2n) is 7.48. The number of aromatic carboxylic acids is 1. The molecule has 1 atom stereocenters. The Morgan fingerprint density at radius 1 is 0.939 bits per heavy atom. The van der Waals surface area contributed by atoms with Gasteiger partial charge in [-0.15, -0.1) is 0 Å². The number of hydrogen-bond acceptors (Lipinski definition) is 3. The number of carboxylic acid groups (broad SMARTS) is 1. The van der Waals surface area contributed by atoms with Crippen molar-refractivity contribution in [2.75, 3.05) is 6.54 Å². The summed E-state index contributed by atoms with van der Waals surface area (Å²) in [5.41, 5.74) is -8.73. The average molecular weight is 484 g/mol. The van der Waals surface area contributed by atoms with Crippen LogP contribution < -0.4 is 0 Å². The Morgan fingerprint density at radius 3 is 1.91 bits per heavy atom. The second-order valence-corrected chi connectivity index (χ2v) is 7.48. The number of pyridine rings is 1. The lowest BCUT2D eigenvalue weighted by atomic mass is 9.76. The summed E-state index contributed by atoms with van der Waals surface area (Å²) in [5, 5.41) is 9.08. The average Bonchev–Trinajstić information content (AvgIpc) is 3.13. The fourth-order valence-corrected chi connectivity index (χ4v) is 3.55. The first kappa shape index (κ1) is 24.5. The summed E-state index contributed by atoms with van der Waals surface area (Å²) in [6, 6.07) is 3.46. The maximum Gasteiger partial charge on any atom is 0.433 e. The van der Waals surface area contributed by atoms with Crippen LogP contribution in [0.25, 0.3) is 0 Å². The number of halogens is 9. The molecule has 2 heterocycles. The van der Waals surface area contributed by atoms with Gasteiger partial charge >= 0.3 is 24.5 Å². The van der Waals surface area contributed by atoms with E-state index in [1.165, 1.54) is 19.1 Å². The molecule has 4 nitrogen and oxygen atoms in total. The molecule has 33 heavy (non-hydrogen) atoms. The van der Waals surface area contributed by atoms with E-state index in [0.717, 1.165) is 6.07 Å². The molecule has 2 aromatic rings. The van der Waals surface area contributed by atoms with Crippen LogP contribution in [0.2, 0.25) is 0 Å². The zero-order valence-corrected chi connectivity index (χ0v) is 16.5. The number of aromatic nitrogens is 1. The first-order valence-electron chi connectivity index (χ1n) is 9.07. The van der Waals surface area contributed by atoms with Gasteiger partial charge in [-0.3, -0.25) is 4.99 Å². The topological polar surface area (TPSA) is 62.5 Å². The number of hydrogen-bond donors (Lipinski definition) is 1. The first-order chi connectivity index (χ1) is 15.0. The Morgan fingerprint density at radius 2 is 1.48 bits per heavy atom. The van der Waals surface area contributed by atoms with Crippen LogP contribution in [0.3, 0.4) is 0 Å². The molecule has 0 saturated heterocycles. The van der Waals surface area contributed by atoms with E-state index in [1.807, 2.05) is 0 Å². The molecular weight excluding hydrogens is 471 g/mol. The number of aliphatic imine (C=N–C) groups is 1. The standard InChI is InChI=1S/C20H13F9N2O2/c1-9-4-10(2-3-12(9)16(32)33)13-7-17(8-30-13,20(27,28)29)11-5-14(18(21,22)23)31-15(6-11)19(24,25)26/h2-6H,7-8H2,1H3,(H,32,33). The maximum atomic E-state index is 14.2. The van der Waals surface area contributed by atoms with Gasteiger partial charge in [-0.1, -0.05) is 6.07 Å². The Labute approximate surface area is 179 Å². The van der Waals surface area contributed by atoms with E-state index in [1.54, 1.807) is 0 Å². The van der Waals surface area contributed by atoms with Crippen molar-refractivity contribution in [2.45, 2.75) is 37.3 Å². The lowest BCUT2D eigenvalue weighted by Gasteiger charge is -2.32. The van der Waals surface area contributed by atoms with Gasteiger partial charge in [-0.05, 0) is 47.9 Å². The molecule has 0 amide bonds. The molecule has 1 aliphatic heterocycles. The molecule has 0 bridgehead atoms. The fraction of sp³-hybridized carbons (Fsp3) is 0.350. The van der Waals surface area contributed by atoms with Crippen LogP contribution in [-0.2, 0) is 17.8 Å². The van der Waals surface area contributed by atoms with Gasteiger partial charge in [0.05, 0.1) is 12.1 Å². The zero-order valence-electron chi connectivity index (χ0n) is 16.5. The molecule has 13 heteroatoms. The number of carboxylic acids is 1. The predicted molar refractivity (Wildman–Crippen MR) is 96.1 cm³/mol. The molecule has 1 aromatic carbocycles. The van der Waals surface area contributed by atoms with Crippen LogP contribution in [0.4, 0.5) is 39.5 Å². The largest absolute Gasteiger partial charge is 0.478 e. The van der Waals surface area contributed by atoms with Crippen LogP contribution in [0.15, 0.2) is 35.3 Å². The highest BCUT2D eigenvalue weighted by Gasteiger charge is 2.59. The lowest BCUT2D eigenvalue weighted by Crippen LogP contribution is -2.44. The van der Waals surface area contributed by atoms with E-state index in [9.17, 15) is 44.3 Å². The SMILES string of the molecule is Cc1cc(C2=NCC(c3cc(C(F)(F)F)nc(C(F)(F)F)c3)(C(F)(F)F)C2)ccc1C(=O)O. The minimum atomic E-state index is -5.42. The molecule has 3 rings (SSSR count). The van der Waals surface area contributed by atoms with Gasteiger partial charge in [0.2, 0.25) is 0 Å². The molecule has 0 fully saturated rings. The molecule has 0 radical (unpaired) electrons. The third-order valence-electron chi connectivity index (χ3n) is 5.30. The van der Waals surface area contributed by atoms with E-state index in [0.29, 0.717) is 0 Å². The Balaban J connectivity index is 2.14. The lowest BCUT2D eigenvalue weighted by molar-refractivity contribution is -0.185. The van der Waals surface area contributed by atoms with Crippen LogP contribution in [0, 0.1) is 6.92 Å². The fourth-order valence-electron chi connectivity index (χ4n) is 3.55. The highest BCUT2D eigenvalue weighted by atomic mass is 19.4. The zero-order chi connectivity index (χ0) is 25.0. The summed E-state index contributed by atoms with van der Waals surface area (Å²) in [5.74, 6) is -1.28. The maximum absolute atomic E-state index is 14.2. The molecular formula is C20H13F9N2O2. The summed E-state index contributed by atoms with van der Waals surface area (Å²) in [4.78, 5) is 17.4. The van der Waals surface area contributed by atoms with Gasteiger partial charge in [-0.2, -0.15) is 39.5 Å². The summed E-state index contributed by atoms with van der Waals surface area (Å²) >= 11 is 0. The van der Waals surface area contributed by atoms with Gasteiger partial charge in [0, 0.05) is 12.1 Å². The number of aryl methyl sites for hydroxylation is 1. The minimum Gasteiger partial charge on any atom is -0.478 e. The molecule has 0 aliphatic carbocycles. The molecule has 1 N–H and O–H groups in total. The van der Waals surface area contributed by atoms with Gasteiger partial charge in [0.15, 0.2) is 0 Å². The van der Waals surface area contributed by atoms with Crippen molar-refractivity contribution < 1.29 is 49.4 Å². The predicted octanol–water partition coefficient (Wildman–Crippen LogP) is 5.82. The van der Waals surface area contributed by atoms with Crippen molar-refractivity contribution in [3.8, 4) is 0 Å². The van der Waals surface area contributed by atoms with Crippen molar-refractivity contribution in [3.63, 3.8) is 0 Å². The van der Waals surface area contributed by atoms with E-state index in [-0.39, 0.29) is 34.5 Å². The number of carbonyl (C=O) groups is 1. The third kappa shape index (κ3) is 4.53. The monoisotopic (exact) mass is 484 g/mol. The Kier molecular flexibility index (Phi) is 5.75. The number of benzene rings is 1. The molecule has 1 unspecified atom stereocenters. The molecule has 1 aromatic heterocycles. The van der Waals surface area contributed by atoms with Gasteiger partial charge in [0.1, 0.15) is 16.8 Å². The van der Waals surface area contributed by atoms with E-state index < -0.39 is 59.8 Å². The first-order valence-corrected chi connectivity index (χ1v) is 9.07. The van der Waals surface area contributed by atoms with E-state index in [4.69, 9.17) is 5.11 Å². The highest BCUT2D eigenvalue weighted by molar-refractivity contribution is 6.04. The molecule has 1 aliphatic rings. The molecule has 178 valence electrons. The van der Waals surface area contributed by atoms with Crippen LogP contribution >= 0.6 is 0 Å². The minimum absolute atomic E-state index is 0.0417. The smallest absolute Gasteiger partial charge is 0.433 e. The Hall–Kier alpha value is -3.12. The summed E-state index contributed by atoms with van der Waals surface area (Å²) < 4.78 is 121. The summed E-state index contributed by atoms with van der Waals surface area (Å²) in [6.07, 6.45) is -17.1. The van der Waals surface area contributed by atoms with Gasteiger partial charge in [-0.25, -0.2) is 9.78 Å². The van der Waals surface area contributed by atoms with Gasteiger partial charge in [0.25, 0.3) is 0 Å². The van der Waals surface area contributed by atoms with Crippen LogP contribution in [0.1, 0.15) is 44.9 Å². The number of rotatable bonds is 3. The summed E-state index contributed by atoms with van der Waals surface area (Å²) in [7, 11) is 0. The molecule has 0 spiro atoms. The van der Waals surface area contributed by atoms with Crippen molar-refractivity contribution in [2.24, 2.45) is 4.99 Å². The number of nitrogens with zero attached hydrogens (tertiary/aromatic N) is 2. The number of alkyl halides is 9. The normalized spacial score (nSPS) is 19.5. The van der Waals surface area contributed by atoms with Crippen molar-refractivity contribution in [3.05, 3.63) is 64.0 Å². The quantitative estimate of drug-likeness (QED) is 0.559. The second kappa shape index (κ2) is 7.73. The van der Waals surface area contributed by atoms with Crippen molar-refractivity contribution in [1.82, 2.24) is 4.98 Å². The van der Waals surface area contributed by atoms with Crippen molar-refractivity contribution >= 4 is 11.7 Å². The Bertz CT molecular complexity index is 1100.